The predicted octanol–water partition coefficient (Wildman–Crippen LogP) is 5.45. The van der Waals surface area contributed by atoms with E-state index in [0.717, 1.165) is 41.3 Å². The minimum atomic E-state index is -4.65. The Kier molecular flexibility index (Phi) is 6.39. The highest BCUT2D eigenvalue weighted by molar-refractivity contribution is 7.13. The van der Waals surface area contributed by atoms with Gasteiger partial charge < -0.3 is 15.4 Å². The molecule has 1 aromatic carbocycles. The Morgan fingerprint density at radius 2 is 1.95 bits per heavy atom. The lowest BCUT2D eigenvalue weighted by molar-refractivity contribution is -0.140. The SMILES string of the molecule is CCNC(=O)Nc1cc(-c2nc(C(F)(F)F)cs2)c(-c2cc3c(=O)c(C(=O)O)c[nH]c3cc2C2CC2)cn1. The summed E-state index contributed by atoms with van der Waals surface area (Å²) in [7, 11) is 0. The van der Waals surface area contributed by atoms with Crippen molar-refractivity contribution in [3.63, 3.8) is 0 Å². The molecule has 4 N–H and O–H groups in total. The Hall–Kier alpha value is -4.26. The Balaban J connectivity index is 1.74. The number of anilines is 1. The van der Waals surface area contributed by atoms with Crippen molar-refractivity contribution in [2.24, 2.45) is 0 Å². The summed E-state index contributed by atoms with van der Waals surface area (Å²) in [6.07, 6.45) is -0.330. The van der Waals surface area contributed by atoms with Crippen LogP contribution in [0.4, 0.5) is 23.8 Å². The highest BCUT2D eigenvalue weighted by Crippen LogP contribution is 2.47. The first-order valence-electron chi connectivity index (χ1n) is 11.6. The van der Waals surface area contributed by atoms with Crippen molar-refractivity contribution < 1.29 is 27.9 Å². The number of halogens is 3. The number of hydrogen-bond donors (Lipinski definition) is 4. The molecule has 0 radical (unpaired) electrons. The van der Waals surface area contributed by atoms with Crippen LogP contribution in [0, 0.1) is 0 Å². The van der Waals surface area contributed by atoms with Crippen molar-refractivity contribution in [2.45, 2.75) is 31.9 Å². The number of benzene rings is 1. The summed E-state index contributed by atoms with van der Waals surface area (Å²) in [5, 5.41) is 15.6. The van der Waals surface area contributed by atoms with Crippen LogP contribution >= 0.6 is 11.3 Å². The van der Waals surface area contributed by atoms with Gasteiger partial charge in [-0.1, -0.05) is 0 Å². The van der Waals surface area contributed by atoms with Crippen LogP contribution in [0.3, 0.4) is 0 Å². The molecule has 3 heterocycles. The van der Waals surface area contributed by atoms with Gasteiger partial charge in [0.25, 0.3) is 0 Å². The van der Waals surface area contributed by atoms with E-state index in [1.165, 1.54) is 12.3 Å². The van der Waals surface area contributed by atoms with E-state index in [9.17, 15) is 32.7 Å². The predicted molar refractivity (Wildman–Crippen MR) is 136 cm³/mol. The first-order valence-corrected chi connectivity index (χ1v) is 12.5. The number of alkyl halides is 3. The molecule has 0 bridgehead atoms. The fraction of sp³-hybridized carbons (Fsp3) is 0.240. The molecule has 2 amide bonds. The average Bonchev–Trinajstić information content (AvgIpc) is 3.58. The van der Waals surface area contributed by atoms with Crippen molar-refractivity contribution >= 4 is 40.1 Å². The number of fused-ring (bicyclic) bond motifs is 1. The number of carbonyl (C=O) groups is 2. The second kappa shape index (κ2) is 9.56. The van der Waals surface area contributed by atoms with Gasteiger partial charge in [0, 0.05) is 46.3 Å². The molecule has 196 valence electrons. The molecule has 1 aliphatic rings. The largest absolute Gasteiger partial charge is 0.477 e. The summed E-state index contributed by atoms with van der Waals surface area (Å²) >= 11 is 0.786. The van der Waals surface area contributed by atoms with E-state index < -0.39 is 34.9 Å². The number of carbonyl (C=O) groups excluding carboxylic acids is 1. The smallest absolute Gasteiger partial charge is 0.434 e. The highest BCUT2D eigenvalue weighted by atomic mass is 32.1. The highest BCUT2D eigenvalue weighted by Gasteiger charge is 2.34. The number of hydrogen-bond acceptors (Lipinski definition) is 6. The molecule has 3 aromatic heterocycles. The number of urea groups is 1. The van der Waals surface area contributed by atoms with Crippen molar-refractivity contribution in [3.05, 3.63) is 63.0 Å². The molecule has 0 atom stereocenters. The molecule has 0 saturated heterocycles. The van der Waals surface area contributed by atoms with E-state index in [2.05, 4.69) is 25.6 Å². The van der Waals surface area contributed by atoms with Crippen molar-refractivity contribution in [3.8, 4) is 21.7 Å². The van der Waals surface area contributed by atoms with Gasteiger partial charge in [0.05, 0.1) is 0 Å². The Labute approximate surface area is 216 Å². The monoisotopic (exact) mass is 543 g/mol. The molecule has 38 heavy (non-hydrogen) atoms. The van der Waals surface area contributed by atoms with Gasteiger partial charge in [-0.3, -0.25) is 10.1 Å². The van der Waals surface area contributed by atoms with Gasteiger partial charge in [-0.05, 0) is 55.0 Å². The number of aromatic amines is 1. The zero-order chi connectivity index (χ0) is 27.2. The van der Waals surface area contributed by atoms with Crippen molar-refractivity contribution in [1.29, 1.82) is 0 Å². The number of aromatic nitrogens is 3. The number of aromatic carboxylic acids is 1. The van der Waals surface area contributed by atoms with Crippen LogP contribution in [-0.2, 0) is 6.18 Å². The Bertz CT molecular complexity index is 1640. The summed E-state index contributed by atoms with van der Waals surface area (Å²) in [6, 6.07) is 4.21. The first-order chi connectivity index (χ1) is 18.1. The molecule has 13 heteroatoms. The number of nitrogens with one attached hydrogen (secondary N) is 3. The zero-order valence-electron chi connectivity index (χ0n) is 19.8. The number of amides is 2. The van der Waals surface area contributed by atoms with Crippen LogP contribution < -0.4 is 16.1 Å². The van der Waals surface area contributed by atoms with Crippen LogP contribution in [-0.4, -0.2) is 38.6 Å². The molecule has 5 rings (SSSR count). The molecular weight excluding hydrogens is 523 g/mol. The number of pyridine rings is 2. The van der Waals surface area contributed by atoms with E-state index in [0.29, 0.717) is 23.2 Å². The van der Waals surface area contributed by atoms with Gasteiger partial charge in [-0.2, -0.15) is 13.2 Å². The number of nitrogens with zero attached hydrogens (tertiary/aromatic N) is 2. The third kappa shape index (κ3) is 4.84. The van der Waals surface area contributed by atoms with Crippen LogP contribution in [0.1, 0.15) is 47.3 Å². The van der Waals surface area contributed by atoms with E-state index in [4.69, 9.17) is 0 Å². The lowest BCUT2D eigenvalue weighted by Crippen LogP contribution is -2.28. The normalized spacial score (nSPS) is 13.5. The number of carboxylic acids is 1. The Morgan fingerprint density at radius 3 is 2.58 bits per heavy atom. The molecule has 0 spiro atoms. The molecule has 1 saturated carbocycles. The van der Waals surface area contributed by atoms with Gasteiger partial charge in [0.2, 0.25) is 5.43 Å². The van der Waals surface area contributed by atoms with Gasteiger partial charge in [0.1, 0.15) is 16.4 Å². The van der Waals surface area contributed by atoms with Crippen LogP contribution in [0.2, 0.25) is 0 Å². The summed E-state index contributed by atoms with van der Waals surface area (Å²) in [5.74, 6) is -1.13. The maximum Gasteiger partial charge on any atom is 0.434 e. The zero-order valence-corrected chi connectivity index (χ0v) is 20.6. The van der Waals surface area contributed by atoms with E-state index in [1.54, 1.807) is 19.1 Å². The van der Waals surface area contributed by atoms with Crippen molar-refractivity contribution in [1.82, 2.24) is 20.3 Å². The summed E-state index contributed by atoms with van der Waals surface area (Å²) in [6.45, 7) is 2.08. The van der Waals surface area contributed by atoms with Crippen LogP contribution in [0.25, 0.3) is 32.6 Å². The molecule has 9 nitrogen and oxygen atoms in total. The summed E-state index contributed by atoms with van der Waals surface area (Å²) < 4.78 is 40.1. The van der Waals surface area contributed by atoms with E-state index in [-0.39, 0.29) is 27.7 Å². The average molecular weight is 544 g/mol. The molecule has 1 fully saturated rings. The van der Waals surface area contributed by atoms with Gasteiger partial charge in [0.15, 0.2) is 5.69 Å². The number of carboxylic acid groups (broad SMARTS) is 1. The van der Waals surface area contributed by atoms with E-state index >= 15 is 0 Å². The minimum Gasteiger partial charge on any atom is -0.477 e. The molecule has 0 aliphatic heterocycles. The number of thiazole rings is 1. The van der Waals surface area contributed by atoms with Crippen LogP contribution in [0.15, 0.2) is 40.8 Å². The minimum absolute atomic E-state index is 0.0451. The fourth-order valence-electron chi connectivity index (χ4n) is 4.17. The van der Waals surface area contributed by atoms with Gasteiger partial charge in [-0.25, -0.2) is 19.6 Å². The third-order valence-electron chi connectivity index (χ3n) is 6.10. The number of rotatable bonds is 6. The third-order valence-corrected chi connectivity index (χ3v) is 6.97. The topological polar surface area (TPSA) is 137 Å². The second-order valence-corrected chi connectivity index (χ2v) is 9.59. The van der Waals surface area contributed by atoms with E-state index in [1.807, 2.05) is 0 Å². The van der Waals surface area contributed by atoms with Crippen molar-refractivity contribution in [2.75, 3.05) is 11.9 Å². The lowest BCUT2D eigenvalue weighted by atomic mass is 9.92. The first kappa shape index (κ1) is 25.4. The molecular formula is C25H20F3N5O4S. The van der Waals surface area contributed by atoms with Gasteiger partial charge >= 0.3 is 18.2 Å². The van der Waals surface area contributed by atoms with Gasteiger partial charge in [-0.15, -0.1) is 11.3 Å². The molecule has 0 unspecified atom stereocenters. The van der Waals surface area contributed by atoms with Crippen LogP contribution in [0.5, 0.6) is 0 Å². The molecule has 1 aliphatic carbocycles. The fourth-order valence-corrected chi connectivity index (χ4v) is 5.03. The standard InChI is InChI=1S/C25H20F3N5O4S/c1-2-29-24(37)33-20-7-14(22-32-19(10-38-22)25(26,27)28)16(8-31-20)13-5-15-18(6-12(13)11-3-4-11)30-9-17(21(15)34)23(35)36/h5-11H,2-4H2,1H3,(H,30,34)(H,35,36)(H2,29,31,33,37). The second-order valence-electron chi connectivity index (χ2n) is 8.73. The lowest BCUT2D eigenvalue weighted by Gasteiger charge is -2.15. The molecule has 4 aromatic rings. The quantitative estimate of drug-likeness (QED) is 0.255. The summed E-state index contributed by atoms with van der Waals surface area (Å²) in [5.41, 5.74) is 0.327. The maximum absolute atomic E-state index is 13.4. The maximum atomic E-state index is 13.4. The summed E-state index contributed by atoms with van der Waals surface area (Å²) in [4.78, 5) is 47.5. The Morgan fingerprint density at radius 1 is 1.18 bits per heavy atom. The number of H-pyrrole nitrogens is 1.